The van der Waals surface area contributed by atoms with E-state index in [1.54, 1.807) is 61.7 Å². The second-order valence-corrected chi connectivity index (χ2v) is 8.78. The average molecular weight is 509 g/mol. The van der Waals surface area contributed by atoms with Crippen molar-refractivity contribution < 1.29 is 43.1 Å². The van der Waals surface area contributed by atoms with Crippen molar-refractivity contribution in [1.29, 1.82) is 0 Å². The molecule has 194 valence electrons. The molecule has 9 heteroatoms. The van der Waals surface area contributed by atoms with Gasteiger partial charge in [0, 0.05) is 5.56 Å². The molecular formula is C28H28O9. The van der Waals surface area contributed by atoms with Gasteiger partial charge in [-0.2, -0.15) is 0 Å². The van der Waals surface area contributed by atoms with Gasteiger partial charge in [-0.1, -0.05) is 6.07 Å². The number of ether oxygens (including phenoxy) is 7. The van der Waals surface area contributed by atoms with Gasteiger partial charge in [-0.15, -0.1) is 0 Å². The Kier molecular flexibility index (Phi) is 6.47. The molecule has 3 aromatic carbocycles. The molecular weight excluding hydrogens is 480 g/mol. The van der Waals surface area contributed by atoms with E-state index < -0.39 is 23.6 Å². The van der Waals surface area contributed by atoms with E-state index >= 15 is 0 Å². The molecule has 0 radical (unpaired) electrons. The maximum atomic E-state index is 13.4. The standard InChI is InChI=1S/C28H28O9/c1-31-19-8-6-18(7-9-19)28(30)20(11-16-12-23(32-2)26(34-4)24(13-16)33-3)25(27(29)37-28)17-5-10-21-22(14-17)36-15-35-21/h5-10,12-14,20,25,30H,11,15H2,1-4H3. The van der Waals surface area contributed by atoms with Crippen LogP contribution in [0.2, 0.25) is 0 Å². The molecule has 0 aromatic heterocycles. The second kappa shape index (κ2) is 9.74. The fourth-order valence-electron chi connectivity index (χ4n) is 5.02. The first-order valence-corrected chi connectivity index (χ1v) is 11.7. The van der Waals surface area contributed by atoms with Crippen molar-refractivity contribution in [2.24, 2.45) is 5.92 Å². The molecule has 3 aromatic rings. The van der Waals surface area contributed by atoms with Gasteiger partial charge in [-0.3, -0.25) is 4.79 Å². The van der Waals surface area contributed by atoms with Crippen LogP contribution in [0.25, 0.3) is 0 Å². The zero-order chi connectivity index (χ0) is 26.2. The largest absolute Gasteiger partial charge is 0.497 e. The predicted molar refractivity (Wildman–Crippen MR) is 132 cm³/mol. The number of aliphatic hydroxyl groups is 1. The number of esters is 1. The van der Waals surface area contributed by atoms with Crippen LogP contribution < -0.4 is 28.4 Å². The molecule has 1 N–H and O–H groups in total. The third kappa shape index (κ3) is 4.25. The van der Waals surface area contributed by atoms with Crippen molar-refractivity contribution in [2.75, 3.05) is 35.2 Å². The van der Waals surface area contributed by atoms with E-state index in [1.165, 1.54) is 21.3 Å². The topological polar surface area (TPSA) is 102 Å². The second-order valence-electron chi connectivity index (χ2n) is 8.78. The highest BCUT2D eigenvalue weighted by Crippen LogP contribution is 2.51. The summed E-state index contributed by atoms with van der Waals surface area (Å²) >= 11 is 0. The Morgan fingerprint density at radius 3 is 2.16 bits per heavy atom. The van der Waals surface area contributed by atoms with E-state index in [0.717, 1.165) is 5.56 Å². The van der Waals surface area contributed by atoms with Crippen molar-refractivity contribution in [1.82, 2.24) is 0 Å². The molecule has 0 saturated carbocycles. The fraction of sp³-hybridized carbons (Fsp3) is 0.321. The highest BCUT2D eigenvalue weighted by Gasteiger charge is 2.56. The maximum Gasteiger partial charge on any atom is 0.316 e. The van der Waals surface area contributed by atoms with Gasteiger partial charge in [0.2, 0.25) is 18.3 Å². The minimum atomic E-state index is -1.91. The molecule has 1 fully saturated rings. The number of carbonyl (C=O) groups excluding carboxylic acids is 1. The fourth-order valence-corrected chi connectivity index (χ4v) is 5.02. The minimum absolute atomic E-state index is 0.110. The van der Waals surface area contributed by atoms with E-state index in [9.17, 15) is 9.90 Å². The van der Waals surface area contributed by atoms with E-state index in [4.69, 9.17) is 33.2 Å². The Morgan fingerprint density at radius 2 is 1.54 bits per heavy atom. The number of hydrogen-bond acceptors (Lipinski definition) is 9. The summed E-state index contributed by atoms with van der Waals surface area (Å²) in [5.41, 5.74) is 1.84. The van der Waals surface area contributed by atoms with E-state index in [-0.39, 0.29) is 13.2 Å². The van der Waals surface area contributed by atoms with Gasteiger partial charge in [-0.25, -0.2) is 0 Å². The molecule has 2 heterocycles. The molecule has 0 spiro atoms. The number of methoxy groups -OCH3 is 4. The third-order valence-electron chi connectivity index (χ3n) is 6.85. The highest BCUT2D eigenvalue weighted by molar-refractivity contribution is 5.82. The Bertz CT molecular complexity index is 1280. The van der Waals surface area contributed by atoms with Crippen LogP contribution in [0.1, 0.15) is 22.6 Å². The molecule has 9 nitrogen and oxygen atoms in total. The maximum absolute atomic E-state index is 13.4. The van der Waals surface area contributed by atoms with E-state index in [0.29, 0.717) is 45.6 Å². The SMILES string of the molecule is COc1ccc(C2(O)OC(=O)C(c3ccc4c(c3)OCO4)C2Cc2cc(OC)c(OC)c(OC)c2)cc1. The van der Waals surface area contributed by atoms with Gasteiger partial charge in [0.25, 0.3) is 0 Å². The van der Waals surface area contributed by atoms with Crippen LogP contribution >= 0.6 is 0 Å². The quantitative estimate of drug-likeness (QED) is 0.455. The number of carbonyl (C=O) groups is 1. The summed E-state index contributed by atoms with van der Waals surface area (Å²) in [4.78, 5) is 13.4. The van der Waals surface area contributed by atoms with Crippen molar-refractivity contribution in [2.45, 2.75) is 18.1 Å². The molecule has 0 amide bonds. The average Bonchev–Trinajstić information content (AvgIpc) is 3.49. The van der Waals surface area contributed by atoms with Crippen LogP contribution in [0.4, 0.5) is 0 Å². The molecule has 2 aliphatic heterocycles. The Hall–Kier alpha value is -4.11. The molecule has 0 bridgehead atoms. The molecule has 2 aliphatic rings. The van der Waals surface area contributed by atoms with E-state index in [2.05, 4.69) is 0 Å². The third-order valence-corrected chi connectivity index (χ3v) is 6.85. The molecule has 3 atom stereocenters. The Labute approximate surface area is 214 Å². The number of hydrogen-bond donors (Lipinski definition) is 1. The van der Waals surface area contributed by atoms with Crippen molar-refractivity contribution in [3.8, 4) is 34.5 Å². The summed E-state index contributed by atoms with van der Waals surface area (Å²) in [6, 6.07) is 15.7. The lowest BCUT2D eigenvalue weighted by Gasteiger charge is -2.30. The van der Waals surface area contributed by atoms with Gasteiger partial charge < -0.3 is 38.3 Å². The summed E-state index contributed by atoms with van der Waals surface area (Å²) in [7, 11) is 6.16. The van der Waals surface area contributed by atoms with Gasteiger partial charge in [0.15, 0.2) is 23.0 Å². The minimum Gasteiger partial charge on any atom is -0.497 e. The Balaban J connectivity index is 1.61. The van der Waals surface area contributed by atoms with Gasteiger partial charge in [0.1, 0.15) is 5.75 Å². The smallest absolute Gasteiger partial charge is 0.316 e. The number of benzene rings is 3. The van der Waals surface area contributed by atoms with Crippen LogP contribution in [0.3, 0.4) is 0 Å². The monoisotopic (exact) mass is 508 g/mol. The summed E-state index contributed by atoms with van der Waals surface area (Å²) in [6.07, 6.45) is 0.254. The number of cyclic esters (lactones) is 1. The van der Waals surface area contributed by atoms with Crippen LogP contribution in [0, 0.1) is 5.92 Å². The van der Waals surface area contributed by atoms with Crippen LogP contribution in [-0.4, -0.2) is 46.3 Å². The molecule has 0 aliphatic carbocycles. The predicted octanol–water partition coefficient (Wildman–Crippen LogP) is 3.79. The lowest BCUT2D eigenvalue weighted by atomic mass is 9.77. The van der Waals surface area contributed by atoms with Crippen LogP contribution in [0.5, 0.6) is 34.5 Å². The van der Waals surface area contributed by atoms with Crippen LogP contribution in [-0.2, 0) is 21.7 Å². The van der Waals surface area contributed by atoms with Crippen molar-refractivity contribution in [3.05, 3.63) is 71.3 Å². The summed E-state index contributed by atoms with van der Waals surface area (Å²) in [5.74, 6) is -0.824. The molecule has 3 unspecified atom stereocenters. The van der Waals surface area contributed by atoms with Crippen molar-refractivity contribution >= 4 is 5.97 Å². The van der Waals surface area contributed by atoms with E-state index in [1.807, 2.05) is 0 Å². The number of rotatable bonds is 8. The lowest BCUT2D eigenvalue weighted by molar-refractivity contribution is -0.208. The van der Waals surface area contributed by atoms with Gasteiger partial charge >= 0.3 is 5.97 Å². The number of fused-ring (bicyclic) bond motifs is 1. The first kappa shape index (κ1) is 24.6. The molecule has 1 saturated heterocycles. The zero-order valence-electron chi connectivity index (χ0n) is 21.0. The molecule has 5 rings (SSSR count). The normalized spacial score (nSPS) is 21.9. The lowest BCUT2D eigenvalue weighted by Crippen LogP contribution is -2.35. The first-order chi connectivity index (χ1) is 17.9. The van der Waals surface area contributed by atoms with Gasteiger partial charge in [-0.05, 0) is 66.1 Å². The molecule has 37 heavy (non-hydrogen) atoms. The van der Waals surface area contributed by atoms with Gasteiger partial charge in [0.05, 0.1) is 40.3 Å². The Morgan fingerprint density at radius 1 is 0.865 bits per heavy atom. The summed E-state index contributed by atoms with van der Waals surface area (Å²) in [6.45, 7) is 0.110. The summed E-state index contributed by atoms with van der Waals surface area (Å²) in [5, 5.41) is 12.0. The van der Waals surface area contributed by atoms with Crippen molar-refractivity contribution in [3.63, 3.8) is 0 Å². The highest BCUT2D eigenvalue weighted by atomic mass is 16.7. The van der Waals surface area contributed by atoms with Crippen LogP contribution in [0.15, 0.2) is 54.6 Å². The first-order valence-electron chi connectivity index (χ1n) is 11.7. The summed E-state index contributed by atoms with van der Waals surface area (Å²) < 4.78 is 38.5. The zero-order valence-corrected chi connectivity index (χ0v) is 21.0.